The molecule has 1 atom stereocenters. The van der Waals surface area contributed by atoms with E-state index in [4.69, 9.17) is 27.9 Å². The van der Waals surface area contributed by atoms with Crippen LogP contribution in [0.2, 0.25) is 5.02 Å². The molecule has 2 aromatic carbocycles. The maximum absolute atomic E-state index is 6.49. The van der Waals surface area contributed by atoms with Crippen LogP contribution in [0.3, 0.4) is 0 Å². The molecule has 0 heterocycles. The minimum absolute atomic E-state index is 0.0635. The van der Waals surface area contributed by atoms with Crippen LogP contribution in [0, 0.1) is 0 Å². The first-order chi connectivity index (χ1) is 9.70. The number of methoxy groups -OCH3 is 1. The zero-order chi connectivity index (χ0) is 14.4. The van der Waals surface area contributed by atoms with E-state index in [1.807, 2.05) is 24.3 Å². The summed E-state index contributed by atoms with van der Waals surface area (Å²) in [7, 11) is 1.72. The van der Waals surface area contributed by atoms with Gasteiger partial charge in [-0.15, -0.1) is 11.6 Å². The van der Waals surface area contributed by atoms with Crippen LogP contribution >= 0.6 is 23.2 Å². The molecular formula is C17H18Cl2O. The predicted octanol–water partition coefficient (Wildman–Crippen LogP) is 5.05. The van der Waals surface area contributed by atoms with E-state index in [0.717, 1.165) is 35.6 Å². The predicted molar refractivity (Wildman–Crippen MR) is 85.8 cm³/mol. The molecule has 3 heteroatoms. The molecule has 1 unspecified atom stereocenters. The number of rotatable bonds is 6. The van der Waals surface area contributed by atoms with Gasteiger partial charge in [-0.25, -0.2) is 0 Å². The number of hydrogen-bond donors (Lipinski definition) is 0. The van der Waals surface area contributed by atoms with E-state index in [1.165, 1.54) is 5.56 Å². The van der Waals surface area contributed by atoms with Gasteiger partial charge in [0.25, 0.3) is 0 Å². The van der Waals surface area contributed by atoms with Crippen molar-refractivity contribution in [3.8, 4) is 0 Å². The molecule has 1 nitrogen and oxygen atoms in total. The van der Waals surface area contributed by atoms with E-state index in [0.29, 0.717) is 0 Å². The Morgan fingerprint density at radius 1 is 1.05 bits per heavy atom. The quantitative estimate of drug-likeness (QED) is 0.678. The highest BCUT2D eigenvalue weighted by Crippen LogP contribution is 2.28. The molecule has 0 aliphatic rings. The zero-order valence-electron chi connectivity index (χ0n) is 11.5. The fourth-order valence-electron chi connectivity index (χ4n) is 2.09. The number of halogens is 2. The summed E-state index contributed by atoms with van der Waals surface area (Å²) in [5.74, 6) is 0. The molecule has 0 aliphatic carbocycles. The van der Waals surface area contributed by atoms with Gasteiger partial charge < -0.3 is 4.74 Å². The summed E-state index contributed by atoms with van der Waals surface area (Å²) in [6.45, 7) is 0.739. The van der Waals surface area contributed by atoms with Gasteiger partial charge in [0.15, 0.2) is 0 Å². The summed E-state index contributed by atoms with van der Waals surface area (Å²) in [6, 6.07) is 16.2. The van der Waals surface area contributed by atoms with Gasteiger partial charge in [0, 0.05) is 12.1 Å². The molecule has 0 saturated heterocycles. The Morgan fingerprint density at radius 3 is 2.40 bits per heavy atom. The molecule has 0 radical (unpaired) electrons. The van der Waals surface area contributed by atoms with Crippen molar-refractivity contribution in [1.82, 2.24) is 0 Å². The lowest BCUT2D eigenvalue weighted by atomic mass is 10.0. The molecule has 0 fully saturated rings. The second-order valence-electron chi connectivity index (χ2n) is 4.75. The standard InChI is InChI=1S/C17H18Cl2O/c1-20-11-10-13-6-8-14(9-7-13)17(19)12-15-4-2-3-5-16(15)18/h2-9,17H,10-12H2,1H3. The Kier molecular flexibility index (Phi) is 5.90. The van der Waals surface area contributed by atoms with Gasteiger partial charge >= 0.3 is 0 Å². The van der Waals surface area contributed by atoms with Crippen LogP contribution in [0.5, 0.6) is 0 Å². The van der Waals surface area contributed by atoms with E-state index in [1.54, 1.807) is 7.11 Å². The minimum Gasteiger partial charge on any atom is -0.384 e. The van der Waals surface area contributed by atoms with Gasteiger partial charge in [0.05, 0.1) is 12.0 Å². The lowest BCUT2D eigenvalue weighted by molar-refractivity contribution is 0.202. The van der Waals surface area contributed by atoms with Gasteiger partial charge in [0.2, 0.25) is 0 Å². The van der Waals surface area contributed by atoms with Gasteiger partial charge in [-0.3, -0.25) is 0 Å². The molecule has 0 bridgehead atoms. The van der Waals surface area contributed by atoms with Crippen molar-refractivity contribution < 1.29 is 4.74 Å². The molecule has 2 aromatic rings. The lowest BCUT2D eigenvalue weighted by Gasteiger charge is -2.12. The Balaban J connectivity index is 2.02. The fourth-order valence-corrected chi connectivity index (χ4v) is 2.61. The Morgan fingerprint density at radius 2 is 1.75 bits per heavy atom. The first kappa shape index (κ1) is 15.4. The highest BCUT2D eigenvalue weighted by atomic mass is 35.5. The van der Waals surface area contributed by atoms with Crippen molar-refractivity contribution >= 4 is 23.2 Å². The zero-order valence-corrected chi connectivity index (χ0v) is 13.0. The van der Waals surface area contributed by atoms with E-state index in [2.05, 4.69) is 24.3 Å². The molecule has 106 valence electrons. The van der Waals surface area contributed by atoms with E-state index in [9.17, 15) is 0 Å². The third kappa shape index (κ3) is 4.24. The summed E-state index contributed by atoms with van der Waals surface area (Å²) in [4.78, 5) is 0. The SMILES string of the molecule is COCCc1ccc(C(Cl)Cc2ccccc2Cl)cc1. The molecule has 2 rings (SSSR count). The van der Waals surface area contributed by atoms with Gasteiger partial charge in [-0.05, 0) is 35.6 Å². The molecular weight excluding hydrogens is 291 g/mol. The van der Waals surface area contributed by atoms with E-state index >= 15 is 0 Å². The van der Waals surface area contributed by atoms with Crippen molar-refractivity contribution in [3.05, 3.63) is 70.2 Å². The van der Waals surface area contributed by atoms with Gasteiger partial charge in [-0.1, -0.05) is 54.1 Å². The second-order valence-corrected chi connectivity index (χ2v) is 5.68. The molecule has 20 heavy (non-hydrogen) atoms. The second kappa shape index (κ2) is 7.68. The van der Waals surface area contributed by atoms with Crippen molar-refractivity contribution in [1.29, 1.82) is 0 Å². The number of ether oxygens (including phenoxy) is 1. The van der Waals surface area contributed by atoms with Crippen molar-refractivity contribution in [2.75, 3.05) is 13.7 Å². The average molecular weight is 309 g/mol. The Labute approximate surface area is 130 Å². The molecule has 0 N–H and O–H groups in total. The molecule has 0 aliphatic heterocycles. The van der Waals surface area contributed by atoms with E-state index in [-0.39, 0.29) is 5.38 Å². The topological polar surface area (TPSA) is 9.23 Å². The highest BCUT2D eigenvalue weighted by molar-refractivity contribution is 6.31. The summed E-state index contributed by atoms with van der Waals surface area (Å²) in [5, 5.41) is 0.709. The van der Waals surface area contributed by atoms with Crippen molar-refractivity contribution in [2.24, 2.45) is 0 Å². The highest BCUT2D eigenvalue weighted by Gasteiger charge is 2.10. The van der Waals surface area contributed by atoms with Crippen LogP contribution in [0.15, 0.2) is 48.5 Å². The first-order valence-electron chi connectivity index (χ1n) is 6.66. The average Bonchev–Trinajstić information content (AvgIpc) is 2.48. The molecule has 0 amide bonds. The van der Waals surface area contributed by atoms with E-state index < -0.39 is 0 Å². The normalized spacial score (nSPS) is 12.3. The van der Waals surface area contributed by atoms with Gasteiger partial charge in [0.1, 0.15) is 0 Å². The van der Waals surface area contributed by atoms with Crippen LogP contribution in [0.1, 0.15) is 22.1 Å². The molecule has 0 spiro atoms. The monoisotopic (exact) mass is 308 g/mol. The Bertz CT molecular complexity index is 537. The fraction of sp³-hybridized carbons (Fsp3) is 0.294. The molecule has 0 aromatic heterocycles. The van der Waals surface area contributed by atoms with Gasteiger partial charge in [-0.2, -0.15) is 0 Å². The Hall–Kier alpha value is -1.02. The smallest absolute Gasteiger partial charge is 0.0626 e. The van der Waals surface area contributed by atoms with Crippen molar-refractivity contribution in [2.45, 2.75) is 18.2 Å². The maximum atomic E-state index is 6.49. The minimum atomic E-state index is -0.0635. The summed E-state index contributed by atoms with van der Waals surface area (Å²) in [6.07, 6.45) is 1.66. The summed E-state index contributed by atoms with van der Waals surface area (Å²) >= 11 is 12.7. The van der Waals surface area contributed by atoms with Crippen LogP contribution in [-0.2, 0) is 17.6 Å². The van der Waals surface area contributed by atoms with Crippen molar-refractivity contribution in [3.63, 3.8) is 0 Å². The van der Waals surface area contributed by atoms with Crippen LogP contribution in [0.4, 0.5) is 0 Å². The first-order valence-corrected chi connectivity index (χ1v) is 7.47. The number of hydrogen-bond acceptors (Lipinski definition) is 1. The molecule has 0 saturated carbocycles. The lowest BCUT2D eigenvalue weighted by Crippen LogP contribution is -1.98. The third-order valence-electron chi connectivity index (χ3n) is 3.29. The number of benzene rings is 2. The third-order valence-corrected chi connectivity index (χ3v) is 4.07. The van der Waals surface area contributed by atoms with Crippen LogP contribution in [0.25, 0.3) is 0 Å². The summed E-state index contributed by atoms with van der Waals surface area (Å²) < 4.78 is 5.07. The maximum Gasteiger partial charge on any atom is 0.0626 e. The van der Waals surface area contributed by atoms with Crippen LogP contribution in [-0.4, -0.2) is 13.7 Å². The largest absolute Gasteiger partial charge is 0.384 e. The number of alkyl halides is 1. The van der Waals surface area contributed by atoms with Crippen LogP contribution < -0.4 is 0 Å². The summed E-state index contributed by atoms with van der Waals surface area (Å²) in [5.41, 5.74) is 3.46.